The molecule has 1 fully saturated rings. The summed E-state index contributed by atoms with van der Waals surface area (Å²) in [6, 6.07) is 5.63. The van der Waals surface area contributed by atoms with Gasteiger partial charge in [-0.25, -0.2) is 0 Å². The average Bonchev–Trinajstić information content (AvgIpc) is 3.06. The lowest BCUT2D eigenvalue weighted by atomic mass is 9.76. The van der Waals surface area contributed by atoms with E-state index in [1.807, 2.05) is 18.2 Å². The largest absolute Gasteiger partial charge is 0.393 e. The van der Waals surface area contributed by atoms with Crippen molar-refractivity contribution in [3.63, 3.8) is 0 Å². The average molecular weight is 354 g/mol. The number of aromatic nitrogens is 3. The molecule has 1 amide bonds. The Hall–Kier alpha value is -2.21. The van der Waals surface area contributed by atoms with Crippen LogP contribution in [0.4, 0.5) is 0 Å². The molecule has 0 radical (unpaired) electrons. The Morgan fingerprint density at radius 3 is 2.92 bits per heavy atom. The summed E-state index contributed by atoms with van der Waals surface area (Å²) in [6.07, 6.45) is 8.59. The summed E-state index contributed by atoms with van der Waals surface area (Å²) in [5.74, 6) is 0.275. The lowest BCUT2D eigenvalue weighted by molar-refractivity contribution is -0.123. The number of hydrogen-bond donors (Lipinski definition) is 3. The monoisotopic (exact) mass is 354 g/mol. The van der Waals surface area contributed by atoms with E-state index in [9.17, 15) is 9.90 Å². The van der Waals surface area contributed by atoms with Gasteiger partial charge in [-0.3, -0.25) is 14.9 Å². The number of aliphatic hydroxyl groups excluding tert-OH is 1. The highest BCUT2D eigenvalue weighted by atomic mass is 16.3. The number of aryl methyl sites for hydroxylation is 2. The SMILES string of the molecule is O=C(CCc1n[nH]c2c1CCCC2)N[C@@H](c1ccccn1)C1CC(O)C1. The summed E-state index contributed by atoms with van der Waals surface area (Å²) in [5.41, 5.74) is 4.49. The zero-order chi connectivity index (χ0) is 17.9. The third kappa shape index (κ3) is 3.65. The Labute approximate surface area is 153 Å². The molecule has 2 aliphatic carbocycles. The molecule has 0 aliphatic heterocycles. The quantitative estimate of drug-likeness (QED) is 0.742. The van der Waals surface area contributed by atoms with Gasteiger partial charge in [0.15, 0.2) is 0 Å². The molecule has 2 aromatic heterocycles. The van der Waals surface area contributed by atoms with E-state index in [1.165, 1.54) is 24.1 Å². The number of fused-ring (bicyclic) bond motifs is 1. The van der Waals surface area contributed by atoms with Crippen molar-refractivity contribution >= 4 is 5.91 Å². The second kappa shape index (κ2) is 7.58. The number of aliphatic hydroxyl groups is 1. The first-order valence-electron chi connectivity index (χ1n) is 9.64. The summed E-state index contributed by atoms with van der Waals surface area (Å²) in [7, 11) is 0. The van der Waals surface area contributed by atoms with Gasteiger partial charge >= 0.3 is 0 Å². The highest BCUT2D eigenvalue weighted by Gasteiger charge is 2.36. The molecule has 0 aromatic carbocycles. The molecule has 2 aliphatic rings. The van der Waals surface area contributed by atoms with Gasteiger partial charge in [-0.2, -0.15) is 5.10 Å². The Morgan fingerprint density at radius 2 is 2.15 bits per heavy atom. The van der Waals surface area contributed by atoms with E-state index in [-0.39, 0.29) is 24.0 Å². The molecule has 2 heterocycles. The van der Waals surface area contributed by atoms with Crippen LogP contribution in [-0.2, 0) is 24.1 Å². The summed E-state index contributed by atoms with van der Waals surface area (Å²) < 4.78 is 0. The van der Waals surface area contributed by atoms with Crippen LogP contribution in [0.5, 0.6) is 0 Å². The number of aromatic amines is 1. The lowest BCUT2D eigenvalue weighted by Gasteiger charge is -2.37. The smallest absolute Gasteiger partial charge is 0.220 e. The molecule has 4 rings (SSSR count). The van der Waals surface area contributed by atoms with E-state index in [2.05, 4.69) is 20.5 Å². The van der Waals surface area contributed by atoms with Crippen LogP contribution in [-0.4, -0.2) is 32.3 Å². The van der Waals surface area contributed by atoms with Gasteiger partial charge in [0.05, 0.1) is 23.5 Å². The van der Waals surface area contributed by atoms with E-state index >= 15 is 0 Å². The number of rotatable bonds is 6. The van der Waals surface area contributed by atoms with Gasteiger partial charge in [-0.1, -0.05) is 6.07 Å². The van der Waals surface area contributed by atoms with Gasteiger partial charge in [-0.15, -0.1) is 0 Å². The van der Waals surface area contributed by atoms with E-state index in [0.717, 1.165) is 24.2 Å². The number of nitrogens with zero attached hydrogens (tertiary/aromatic N) is 2. The van der Waals surface area contributed by atoms with Crippen molar-refractivity contribution in [3.8, 4) is 0 Å². The maximum Gasteiger partial charge on any atom is 0.220 e. The Morgan fingerprint density at radius 1 is 1.31 bits per heavy atom. The molecule has 1 atom stereocenters. The van der Waals surface area contributed by atoms with Crippen molar-refractivity contribution in [3.05, 3.63) is 47.0 Å². The molecule has 26 heavy (non-hydrogen) atoms. The molecule has 0 spiro atoms. The van der Waals surface area contributed by atoms with Crippen molar-refractivity contribution in [2.24, 2.45) is 5.92 Å². The van der Waals surface area contributed by atoms with E-state index in [0.29, 0.717) is 25.7 Å². The van der Waals surface area contributed by atoms with Gasteiger partial charge in [0, 0.05) is 24.7 Å². The van der Waals surface area contributed by atoms with Crippen molar-refractivity contribution in [2.45, 2.75) is 63.5 Å². The number of amides is 1. The fourth-order valence-corrected chi connectivity index (χ4v) is 4.13. The normalized spacial score (nSPS) is 23.0. The van der Waals surface area contributed by atoms with Gasteiger partial charge in [-0.05, 0) is 62.1 Å². The number of H-pyrrole nitrogens is 1. The molecular weight excluding hydrogens is 328 g/mol. The predicted octanol–water partition coefficient (Wildman–Crippen LogP) is 2.24. The molecule has 0 unspecified atom stereocenters. The summed E-state index contributed by atoms with van der Waals surface area (Å²) in [5, 5.41) is 20.4. The van der Waals surface area contributed by atoms with Gasteiger partial charge in [0.2, 0.25) is 5.91 Å². The van der Waals surface area contributed by atoms with Gasteiger partial charge in [0.25, 0.3) is 0 Å². The van der Waals surface area contributed by atoms with Gasteiger partial charge < -0.3 is 10.4 Å². The number of hydrogen-bond acceptors (Lipinski definition) is 4. The fraction of sp³-hybridized carbons (Fsp3) is 0.550. The van der Waals surface area contributed by atoms with Crippen LogP contribution in [0.2, 0.25) is 0 Å². The van der Waals surface area contributed by atoms with Gasteiger partial charge in [0.1, 0.15) is 0 Å². The van der Waals surface area contributed by atoms with Crippen LogP contribution in [0, 0.1) is 5.92 Å². The van der Waals surface area contributed by atoms with Crippen LogP contribution < -0.4 is 5.32 Å². The fourth-order valence-electron chi connectivity index (χ4n) is 4.13. The Bertz CT molecular complexity index is 752. The minimum atomic E-state index is -0.251. The first-order valence-corrected chi connectivity index (χ1v) is 9.64. The molecule has 6 heteroatoms. The minimum absolute atomic E-state index is 0.0228. The number of carbonyl (C=O) groups is 1. The highest BCUT2D eigenvalue weighted by molar-refractivity contribution is 5.76. The molecule has 2 aromatic rings. The molecule has 6 nitrogen and oxygen atoms in total. The maximum absolute atomic E-state index is 12.6. The molecule has 1 saturated carbocycles. The number of nitrogens with one attached hydrogen (secondary N) is 2. The molecule has 3 N–H and O–H groups in total. The molecule has 138 valence electrons. The molecule has 0 saturated heterocycles. The summed E-state index contributed by atoms with van der Waals surface area (Å²) >= 11 is 0. The second-order valence-electron chi connectivity index (χ2n) is 7.52. The van der Waals surface area contributed by atoms with E-state index < -0.39 is 0 Å². The minimum Gasteiger partial charge on any atom is -0.393 e. The third-order valence-electron chi connectivity index (χ3n) is 5.67. The first-order chi connectivity index (χ1) is 12.7. The van der Waals surface area contributed by atoms with Crippen LogP contribution >= 0.6 is 0 Å². The summed E-state index contributed by atoms with van der Waals surface area (Å²) in [6.45, 7) is 0. The van der Waals surface area contributed by atoms with Crippen LogP contribution in [0.3, 0.4) is 0 Å². The van der Waals surface area contributed by atoms with Crippen LogP contribution in [0.1, 0.15) is 60.8 Å². The topological polar surface area (TPSA) is 90.9 Å². The van der Waals surface area contributed by atoms with Crippen molar-refractivity contribution < 1.29 is 9.90 Å². The Balaban J connectivity index is 1.38. The summed E-state index contributed by atoms with van der Waals surface area (Å²) in [4.78, 5) is 17.0. The third-order valence-corrected chi connectivity index (χ3v) is 5.67. The van der Waals surface area contributed by atoms with E-state index in [1.54, 1.807) is 6.20 Å². The van der Waals surface area contributed by atoms with Crippen LogP contribution in [0.15, 0.2) is 24.4 Å². The van der Waals surface area contributed by atoms with Crippen molar-refractivity contribution in [1.29, 1.82) is 0 Å². The number of pyridine rings is 1. The molecular formula is C20H26N4O2. The zero-order valence-corrected chi connectivity index (χ0v) is 14.9. The van der Waals surface area contributed by atoms with Crippen LogP contribution in [0.25, 0.3) is 0 Å². The second-order valence-corrected chi connectivity index (χ2v) is 7.52. The Kier molecular flexibility index (Phi) is 5.02. The highest BCUT2D eigenvalue weighted by Crippen LogP contribution is 2.37. The van der Waals surface area contributed by atoms with E-state index in [4.69, 9.17) is 0 Å². The predicted molar refractivity (Wildman–Crippen MR) is 97.4 cm³/mol. The maximum atomic E-state index is 12.6. The van der Waals surface area contributed by atoms with Crippen molar-refractivity contribution in [2.75, 3.05) is 0 Å². The molecule has 0 bridgehead atoms. The van der Waals surface area contributed by atoms with Crippen molar-refractivity contribution in [1.82, 2.24) is 20.5 Å². The lowest BCUT2D eigenvalue weighted by Crippen LogP contribution is -2.41. The standard InChI is InChI=1S/C20H26N4O2/c25-14-11-13(12-14)20(18-7-3-4-10-21-18)22-19(26)9-8-17-15-5-1-2-6-16(15)23-24-17/h3-4,7,10,13-14,20,25H,1-2,5-6,8-9,11-12H2,(H,22,26)(H,23,24)/t13?,14?,20-/m1/s1. The first kappa shape index (κ1) is 17.2. The number of carbonyl (C=O) groups excluding carboxylic acids is 1. The zero-order valence-electron chi connectivity index (χ0n) is 14.9.